The Morgan fingerprint density at radius 2 is 1.63 bits per heavy atom. The smallest absolute Gasteiger partial charge is 0.280 e. The molecule has 1 aliphatic heterocycles. The lowest BCUT2D eigenvalue weighted by Gasteiger charge is -2.10. The van der Waals surface area contributed by atoms with Crippen LogP contribution in [0.5, 0.6) is 17.4 Å². The zero-order valence-corrected chi connectivity index (χ0v) is 19.7. The van der Waals surface area contributed by atoms with Gasteiger partial charge < -0.3 is 19.6 Å². The fraction of sp³-hybridized carbons (Fsp3) is 0.143. The van der Waals surface area contributed by atoms with Gasteiger partial charge in [0.15, 0.2) is 11.6 Å². The van der Waals surface area contributed by atoms with Crippen LogP contribution in [-0.2, 0) is 0 Å². The maximum atomic E-state index is 12.8. The Hall–Kier alpha value is -2.23. The fourth-order valence-corrected chi connectivity index (χ4v) is 5.22. The number of hydrogen-bond donors (Lipinski definition) is 2. The van der Waals surface area contributed by atoms with E-state index in [0.717, 1.165) is 14.9 Å². The highest BCUT2D eigenvalue weighted by molar-refractivity contribution is 14.1. The summed E-state index contributed by atoms with van der Waals surface area (Å²) < 4.78 is 11.5. The number of hydrogen-bond acceptors (Lipinski definition) is 4. The minimum Gasteiger partial charge on any atom is -0.495 e. The van der Waals surface area contributed by atoms with Crippen LogP contribution >= 0.6 is 45.8 Å². The molecule has 0 saturated carbocycles. The van der Waals surface area contributed by atoms with Gasteiger partial charge in [-0.2, -0.15) is 0 Å². The molecule has 0 fully saturated rings. The monoisotopic (exact) mass is 556 g/mol. The van der Waals surface area contributed by atoms with Crippen molar-refractivity contribution in [3.8, 4) is 28.6 Å². The van der Waals surface area contributed by atoms with Gasteiger partial charge >= 0.3 is 0 Å². The predicted molar refractivity (Wildman–Crippen MR) is 125 cm³/mol. The first-order valence-corrected chi connectivity index (χ1v) is 10.6. The van der Waals surface area contributed by atoms with Crippen molar-refractivity contribution >= 4 is 57.4 Å². The Kier molecular flexibility index (Phi) is 5.46. The van der Waals surface area contributed by atoms with Gasteiger partial charge in [0, 0.05) is 11.1 Å². The van der Waals surface area contributed by atoms with E-state index < -0.39 is 5.91 Å². The second-order valence-corrected chi connectivity index (χ2v) is 8.62. The maximum Gasteiger partial charge on any atom is 0.280 e. The minimum atomic E-state index is -0.460. The first-order chi connectivity index (χ1) is 14.3. The summed E-state index contributed by atoms with van der Waals surface area (Å²) in [7, 11) is 3.07. The van der Waals surface area contributed by atoms with Gasteiger partial charge in [0.05, 0.1) is 50.4 Å². The lowest BCUT2D eigenvalue weighted by atomic mass is 9.99. The van der Waals surface area contributed by atoms with Crippen LogP contribution in [0.2, 0.25) is 10.0 Å². The fourth-order valence-electron chi connectivity index (χ4n) is 3.60. The quantitative estimate of drug-likeness (QED) is 0.409. The third-order valence-electron chi connectivity index (χ3n) is 4.84. The zero-order valence-electron chi connectivity index (χ0n) is 16.1. The molecule has 0 unspecified atom stereocenters. The number of methoxy groups -OCH3 is 2. The number of rotatable bonds is 4. The molecule has 2 heterocycles. The number of nitrogens with zero attached hydrogens (tertiary/aromatic N) is 1. The molecule has 0 saturated heterocycles. The average molecular weight is 557 g/mol. The molecule has 0 atom stereocenters. The van der Waals surface area contributed by atoms with Gasteiger partial charge in [-0.05, 0) is 59.3 Å². The van der Waals surface area contributed by atoms with Crippen LogP contribution in [0.3, 0.4) is 0 Å². The van der Waals surface area contributed by atoms with Gasteiger partial charge in [-0.1, -0.05) is 23.2 Å². The summed E-state index contributed by atoms with van der Waals surface area (Å²) in [6, 6.07) is 6.96. The summed E-state index contributed by atoms with van der Waals surface area (Å²) >= 11 is 14.7. The topological polar surface area (TPSA) is 83.9 Å². The number of aromatic amines is 1. The highest BCUT2D eigenvalue weighted by Gasteiger charge is 2.34. The molecule has 0 spiro atoms. The normalized spacial score (nSPS) is 12.7. The number of H-pyrrole nitrogens is 1. The van der Waals surface area contributed by atoms with Crippen LogP contribution in [0.1, 0.15) is 27.0 Å². The Bertz CT molecular complexity index is 1200. The molecule has 0 radical (unpaired) electrons. The van der Waals surface area contributed by atoms with E-state index in [1.165, 1.54) is 7.11 Å². The second kappa shape index (κ2) is 7.79. The van der Waals surface area contributed by atoms with Gasteiger partial charge in [-0.15, -0.1) is 0 Å². The number of aromatic nitrogens is 1. The molecule has 1 aromatic heterocycles. The summed E-state index contributed by atoms with van der Waals surface area (Å²) in [6.45, 7) is 1.91. The van der Waals surface area contributed by atoms with Crippen LogP contribution in [0, 0.1) is 10.5 Å². The van der Waals surface area contributed by atoms with Gasteiger partial charge in [-0.3, -0.25) is 4.79 Å². The summed E-state index contributed by atoms with van der Waals surface area (Å²) in [5.41, 5.74) is 3.53. The number of fused-ring (bicyclic) bond motifs is 1. The van der Waals surface area contributed by atoms with Crippen molar-refractivity contribution in [1.29, 1.82) is 0 Å². The number of aliphatic imine (C=N–C) groups is 1. The van der Waals surface area contributed by atoms with Crippen molar-refractivity contribution in [1.82, 2.24) is 4.98 Å². The molecule has 2 aromatic carbocycles. The molecule has 1 aliphatic rings. The molecule has 1 amide bonds. The molecular weight excluding hydrogens is 542 g/mol. The molecule has 9 heteroatoms. The van der Waals surface area contributed by atoms with Crippen molar-refractivity contribution < 1.29 is 19.4 Å². The first kappa shape index (κ1) is 21.0. The van der Waals surface area contributed by atoms with Crippen LogP contribution in [-0.4, -0.2) is 35.9 Å². The summed E-state index contributed by atoms with van der Waals surface area (Å²) in [5.74, 6) is 0.473. The largest absolute Gasteiger partial charge is 0.495 e. The van der Waals surface area contributed by atoms with Crippen molar-refractivity contribution in [2.75, 3.05) is 14.2 Å². The number of carbonyl (C=O) groups excluding carboxylic acids is 1. The number of aryl methyl sites for hydroxylation is 1. The molecular formula is C21H15Cl2IN2O4. The lowest BCUT2D eigenvalue weighted by Crippen LogP contribution is -2.03. The van der Waals surface area contributed by atoms with E-state index in [1.54, 1.807) is 19.2 Å². The molecule has 154 valence electrons. The van der Waals surface area contributed by atoms with Crippen molar-refractivity contribution in [3.63, 3.8) is 0 Å². The number of amides is 1. The van der Waals surface area contributed by atoms with Crippen LogP contribution in [0.25, 0.3) is 11.3 Å². The van der Waals surface area contributed by atoms with E-state index in [4.69, 9.17) is 32.7 Å². The number of carbonyl (C=O) groups is 1. The Labute approximate surface area is 196 Å². The number of ether oxygens (including phenoxy) is 2. The number of aromatic hydroxyl groups is 1. The third kappa shape index (κ3) is 3.25. The van der Waals surface area contributed by atoms with E-state index in [1.807, 2.05) is 19.1 Å². The van der Waals surface area contributed by atoms with E-state index in [2.05, 4.69) is 32.6 Å². The highest BCUT2D eigenvalue weighted by Crippen LogP contribution is 2.42. The van der Waals surface area contributed by atoms with E-state index in [0.29, 0.717) is 33.8 Å². The van der Waals surface area contributed by atoms with E-state index in [-0.39, 0.29) is 21.5 Å². The molecule has 0 bridgehead atoms. The summed E-state index contributed by atoms with van der Waals surface area (Å²) in [4.78, 5) is 19.9. The standard InChI is InChI=1S/C21H15Cl2IN2O4/c1-8-4-9(7-13(24)18(8)29-2)16-14-15(21(28)25-16)17(26-20(14)27)10-5-11(22)19(30-3)12(23)6-10/h4-7,26-27H,1-3H3. The van der Waals surface area contributed by atoms with Gasteiger partial charge in [-0.25, -0.2) is 4.99 Å². The average Bonchev–Trinajstić information content (AvgIpc) is 3.20. The predicted octanol–water partition coefficient (Wildman–Crippen LogP) is 5.62. The molecule has 4 rings (SSSR count). The first-order valence-electron chi connectivity index (χ1n) is 8.73. The van der Waals surface area contributed by atoms with Crippen molar-refractivity contribution in [2.45, 2.75) is 6.92 Å². The molecule has 2 N–H and O–H groups in total. The highest BCUT2D eigenvalue weighted by atomic mass is 127. The number of nitrogens with one attached hydrogen (secondary N) is 1. The van der Waals surface area contributed by atoms with Crippen LogP contribution in [0.15, 0.2) is 29.3 Å². The Balaban J connectivity index is 1.88. The van der Waals surface area contributed by atoms with Crippen LogP contribution < -0.4 is 9.47 Å². The zero-order chi connectivity index (χ0) is 21.7. The molecule has 6 nitrogen and oxygen atoms in total. The number of benzene rings is 2. The second-order valence-electron chi connectivity index (χ2n) is 6.65. The lowest BCUT2D eigenvalue weighted by molar-refractivity contribution is 0.101. The summed E-state index contributed by atoms with van der Waals surface area (Å²) in [6.07, 6.45) is 0. The van der Waals surface area contributed by atoms with Gasteiger partial charge in [0.25, 0.3) is 5.91 Å². The maximum absolute atomic E-state index is 12.8. The Morgan fingerprint density at radius 3 is 2.20 bits per heavy atom. The van der Waals surface area contributed by atoms with Crippen molar-refractivity contribution in [2.24, 2.45) is 4.99 Å². The SMILES string of the molecule is COc1c(Cl)cc(-c2[nH]c(O)c3c2C(=O)N=C3c2cc(C)c(OC)c(I)c2)cc1Cl. The molecule has 3 aromatic rings. The van der Waals surface area contributed by atoms with E-state index in [9.17, 15) is 9.90 Å². The van der Waals surface area contributed by atoms with E-state index >= 15 is 0 Å². The number of halogens is 3. The van der Waals surface area contributed by atoms with Crippen LogP contribution in [0.4, 0.5) is 0 Å². The Morgan fingerprint density at radius 1 is 1.00 bits per heavy atom. The minimum absolute atomic E-state index is 0.156. The third-order valence-corrected chi connectivity index (χ3v) is 6.20. The van der Waals surface area contributed by atoms with Gasteiger partial charge in [0.1, 0.15) is 5.75 Å². The van der Waals surface area contributed by atoms with Gasteiger partial charge in [0.2, 0.25) is 0 Å². The van der Waals surface area contributed by atoms with Crippen molar-refractivity contribution in [3.05, 3.63) is 60.1 Å². The molecule has 30 heavy (non-hydrogen) atoms. The molecule has 0 aliphatic carbocycles. The summed E-state index contributed by atoms with van der Waals surface area (Å²) in [5, 5.41) is 11.2.